The number of aliphatic hydroxyl groups excluding tert-OH is 1. The van der Waals surface area contributed by atoms with Gasteiger partial charge in [-0.1, -0.05) is 6.42 Å². The number of aliphatic carboxylic acids is 2. The number of likely N-dealkylation sites (tertiary alicyclic amines) is 1. The number of carbonyl (C=O) groups excluding carboxylic acids is 2. The summed E-state index contributed by atoms with van der Waals surface area (Å²) in [5, 5.41) is 32.8. The van der Waals surface area contributed by atoms with E-state index >= 15 is 0 Å². The summed E-state index contributed by atoms with van der Waals surface area (Å²) in [6.07, 6.45) is 2.25. The van der Waals surface area contributed by atoms with Crippen LogP contribution in [-0.4, -0.2) is 94.4 Å². The lowest BCUT2D eigenvalue weighted by atomic mass is 10.1. The van der Waals surface area contributed by atoms with Crippen molar-refractivity contribution < 1.29 is 34.5 Å². The molecule has 1 fully saturated rings. The third-order valence-electron chi connectivity index (χ3n) is 4.98. The van der Waals surface area contributed by atoms with Crippen molar-refractivity contribution in [1.82, 2.24) is 15.5 Å². The number of nitrogens with zero attached hydrogens (tertiary/aromatic N) is 1. The normalized spacial score (nSPS) is 19.2. The second kappa shape index (κ2) is 13.1. The molecular weight excluding hydrogens is 398 g/mol. The van der Waals surface area contributed by atoms with Gasteiger partial charge < -0.3 is 42.3 Å². The van der Waals surface area contributed by atoms with Gasteiger partial charge in [-0.15, -0.1) is 0 Å². The molecule has 0 aromatic heterocycles. The molecule has 0 unspecified atom stereocenters. The summed E-state index contributed by atoms with van der Waals surface area (Å²) in [6, 6.07) is -3.68. The lowest BCUT2D eigenvalue weighted by molar-refractivity contribution is -0.149. The van der Waals surface area contributed by atoms with Gasteiger partial charge in [0.15, 0.2) is 0 Å². The molecule has 0 aromatic rings. The third-order valence-corrected chi connectivity index (χ3v) is 4.98. The van der Waals surface area contributed by atoms with Crippen LogP contribution < -0.4 is 22.1 Å². The van der Waals surface area contributed by atoms with Crippen LogP contribution in [0.25, 0.3) is 0 Å². The Bertz CT molecular complexity index is 603. The van der Waals surface area contributed by atoms with E-state index in [2.05, 4.69) is 10.6 Å². The van der Waals surface area contributed by atoms with Crippen LogP contribution in [0.1, 0.15) is 38.5 Å². The molecule has 9 N–H and O–H groups in total. The predicted octanol–water partition coefficient (Wildman–Crippen LogP) is -2.57. The molecule has 1 aliphatic rings. The first-order chi connectivity index (χ1) is 14.2. The quantitative estimate of drug-likeness (QED) is 0.143. The van der Waals surface area contributed by atoms with Crippen LogP contribution in [0.15, 0.2) is 0 Å². The van der Waals surface area contributed by atoms with Crippen LogP contribution in [0.2, 0.25) is 0 Å². The fourth-order valence-electron chi connectivity index (χ4n) is 3.35. The fraction of sp³-hybridized carbons (Fsp3) is 0.778. The molecule has 4 atom stereocenters. The first-order valence-electron chi connectivity index (χ1n) is 10.1. The van der Waals surface area contributed by atoms with E-state index in [0.717, 1.165) is 0 Å². The molecule has 0 saturated carbocycles. The molecule has 0 radical (unpaired) electrons. The highest BCUT2D eigenvalue weighted by atomic mass is 16.4. The molecule has 1 heterocycles. The zero-order chi connectivity index (χ0) is 22.7. The molecule has 1 saturated heterocycles. The van der Waals surface area contributed by atoms with Gasteiger partial charge in [0.2, 0.25) is 11.8 Å². The minimum atomic E-state index is -1.19. The average Bonchev–Trinajstić information content (AvgIpc) is 3.19. The Morgan fingerprint density at radius 2 is 1.87 bits per heavy atom. The van der Waals surface area contributed by atoms with Crippen molar-refractivity contribution in [3.63, 3.8) is 0 Å². The molecule has 2 amide bonds. The molecule has 0 aliphatic carbocycles. The van der Waals surface area contributed by atoms with Crippen molar-refractivity contribution in [3.05, 3.63) is 0 Å². The Labute approximate surface area is 175 Å². The first-order valence-corrected chi connectivity index (χ1v) is 10.1. The number of unbranched alkanes of at least 4 members (excludes halogenated alkanes) is 1. The summed E-state index contributed by atoms with van der Waals surface area (Å²) in [5.41, 5.74) is 11.0. The van der Waals surface area contributed by atoms with Crippen LogP contribution in [0, 0.1) is 0 Å². The Balaban J connectivity index is 2.84. The smallest absolute Gasteiger partial charge is 0.326 e. The number of carboxylic acid groups (broad SMARTS) is 2. The fourth-order valence-corrected chi connectivity index (χ4v) is 3.35. The maximum atomic E-state index is 13.0. The standard InChI is InChI=1S/C18H33N5O7/c19-6-2-1-4-13(17(28)23-7-3-5-14(23)18(29)30)21-9-11(8-15(25)26)22-16(27)12(20)10-24/h11-14,21,24H,1-10,19-20H2,(H,22,27)(H,25,26)(H,29,30)/t11-,12-,13-,14-/m0/s1. The van der Waals surface area contributed by atoms with E-state index in [4.69, 9.17) is 21.7 Å². The van der Waals surface area contributed by atoms with E-state index in [0.29, 0.717) is 45.2 Å². The van der Waals surface area contributed by atoms with Gasteiger partial charge in [-0.05, 0) is 32.2 Å². The number of aliphatic hydroxyl groups is 1. The van der Waals surface area contributed by atoms with Crippen molar-refractivity contribution >= 4 is 23.8 Å². The van der Waals surface area contributed by atoms with Crippen LogP contribution >= 0.6 is 0 Å². The molecular formula is C18H33N5O7. The molecule has 1 aliphatic heterocycles. The number of carbonyl (C=O) groups is 4. The zero-order valence-electron chi connectivity index (χ0n) is 17.0. The van der Waals surface area contributed by atoms with Crippen molar-refractivity contribution in [3.8, 4) is 0 Å². The van der Waals surface area contributed by atoms with Gasteiger partial charge in [-0.3, -0.25) is 14.4 Å². The highest BCUT2D eigenvalue weighted by Gasteiger charge is 2.37. The van der Waals surface area contributed by atoms with E-state index in [-0.39, 0.29) is 12.5 Å². The maximum Gasteiger partial charge on any atom is 0.326 e. The SMILES string of the molecule is NCCCC[C@H](NC[C@H](CC(=O)O)NC(=O)[C@@H](N)CO)C(=O)N1CCC[C@H]1C(=O)O. The number of nitrogens with two attached hydrogens (primary N) is 2. The lowest BCUT2D eigenvalue weighted by Gasteiger charge is -2.29. The van der Waals surface area contributed by atoms with Crippen molar-refractivity contribution in [2.45, 2.75) is 62.7 Å². The summed E-state index contributed by atoms with van der Waals surface area (Å²) in [4.78, 5) is 48.8. The van der Waals surface area contributed by atoms with Crippen LogP contribution in [0.5, 0.6) is 0 Å². The van der Waals surface area contributed by atoms with Gasteiger partial charge in [0, 0.05) is 13.1 Å². The molecule has 30 heavy (non-hydrogen) atoms. The highest BCUT2D eigenvalue weighted by Crippen LogP contribution is 2.19. The number of carboxylic acids is 2. The third kappa shape index (κ3) is 8.22. The predicted molar refractivity (Wildman–Crippen MR) is 106 cm³/mol. The highest BCUT2D eigenvalue weighted by molar-refractivity contribution is 5.87. The summed E-state index contributed by atoms with van der Waals surface area (Å²) in [6.45, 7) is 0.149. The van der Waals surface area contributed by atoms with Gasteiger partial charge in [0.05, 0.1) is 25.1 Å². The van der Waals surface area contributed by atoms with E-state index in [1.165, 1.54) is 4.90 Å². The number of nitrogens with one attached hydrogen (secondary N) is 2. The number of hydrogen-bond acceptors (Lipinski definition) is 8. The summed E-state index contributed by atoms with van der Waals surface area (Å²) in [5.74, 6) is -3.29. The molecule has 0 aromatic carbocycles. The molecule has 0 spiro atoms. The van der Waals surface area contributed by atoms with Gasteiger partial charge in [-0.2, -0.15) is 0 Å². The molecule has 0 bridgehead atoms. The molecule has 172 valence electrons. The number of hydrogen-bond donors (Lipinski definition) is 7. The number of rotatable bonds is 14. The van der Waals surface area contributed by atoms with E-state index in [1.807, 2.05) is 0 Å². The van der Waals surface area contributed by atoms with Gasteiger partial charge in [0.1, 0.15) is 12.1 Å². The van der Waals surface area contributed by atoms with Crippen molar-refractivity contribution in [2.75, 3.05) is 26.2 Å². The monoisotopic (exact) mass is 431 g/mol. The molecule has 1 rings (SSSR count). The topological polar surface area (TPSA) is 208 Å². The summed E-state index contributed by atoms with van der Waals surface area (Å²) >= 11 is 0. The van der Waals surface area contributed by atoms with E-state index in [9.17, 15) is 24.3 Å². The average molecular weight is 431 g/mol. The molecule has 12 heteroatoms. The van der Waals surface area contributed by atoms with Gasteiger partial charge in [0.25, 0.3) is 0 Å². The summed E-state index contributed by atoms with van der Waals surface area (Å²) < 4.78 is 0. The van der Waals surface area contributed by atoms with Crippen molar-refractivity contribution in [1.29, 1.82) is 0 Å². The molecule has 12 nitrogen and oxygen atoms in total. The Hall–Kier alpha value is -2.28. The maximum absolute atomic E-state index is 13.0. The van der Waals surface area contributed by atoms with Gasteiger partial charge >= 0.3 is 11.9 Å². The van der Waals surface area contributed by atoms with Crippen LogP contribution in [0.3, 0.4) is 0 Å². The van der Waals surface area contributed by atoms with Crippen molar-refractivity contribution in [2.24, 2.45) is 11.5 Å². The Morgan fingerprint density at radius 3 is 2.43 bits per heavy atom. The van der Waals surface area contributed by atoms with E-state index in [1.54, 1.807) is 0 Å². The summed E-state index contributed by atoms with van der Waals surface area (Å²) in [7, 11) is 0. The minimum absolute atomic E-state index is 0.0409. The minimum Gasteiger partial charge on any atom is -0.481 e. The van der Waals surface area contributed by atoms with E-state index < -0.39 is 55.0 Å². The second-order valence-corrected chi connectivity index (χ2v) is 7.37. The second-order valence-electron chi connectivity index (χ2n) is 7.37. The first kappa shape index (κ1) is 25.8. The largest absolute Gasteiger partial charge is 0.481 e. The van der Waals surface area contributed by atoms with Gasteiger partial charge in [-0.25, -0.2) is 4.79 Å². The number of amides is 2. The lowest BCUT2D eigenvalue weighted by Crippen LogP contribution is -2.55. The Morgan fingerprint density at radius 1 is 1.17 bits per heavy atom. The van der Waals surface area contributed by atoms with Crippen LogP contribution in [0.4, 0.5) is 0 Å². The zero-order valence-corrected chi connectivity index (χ0v) is 17.0. The Kier molecular flexibility index (Phi) is 11.3. The van der Waals surface area contributed by atoms with Crippen LogP contribution in [-0.2, 0) is 19.2 Å².